The van der Waals surface area contributed by atoms with Gasteiger partial charge in [0.05, 0.1) is 11.1 Å². The van der Waals surface area contributed by atoms with Crippen molar-refractivity contribution in [2.24, 2.45) is 0 Å². The van der Waals surface area contributed by atoms with E-state index in [1.54, 1.807) is 6.07 Å². The number of rotatable bonds is 10. The molecule has 1 amide bonds. The van der Waals surface area contributed by atoms with E-state index in [0.717, 1.165) is 42.6 Å². The van der Waals surface area contributed by atoms with Gasteiger partial charge in [-0.25, -0.2) is 5.10 Å². The summed E-state index contributed by atoms with van der Waals surface area (Å²) >= 11 is 0. The molecule has 6 heteroatoms. The predicted molar refractivity (Wildman–Crippen MR) is 118 cm³/mol. The van der Waals surface area contributed by atoms with E-state index >= 15 is 0 Å². The molecule has 0 saturated heterocycles. The molecule has 3 aromatic rings. The first-order valence-corrected chi connectivity index (χ1v) is 10.3. The Balaban J connectivity index is 1.61. The Morgan fingerprint density at radius 2 is 1.79 bits per heavy atom. The maximum absolute atomic E-state index is 12.3. The summed E-state index contributed by atoms with van der Waals surface area (Å²) in [6, 6.07) is 14.9. The van der Waals surface area contributed by atoms with E-state index in [2.05, 4.69) is 27.8 Å². The topological polar surface area (TPSA) is 86.9 Å². The third kappa shape index (κ3) is 5.74. The number of nitrogens with one attached hydrogen (secondary N) is 3. The molecule has 0 radical (unpaired) electrons. The van der Waals surface area contributed by atoms with Crippen LogP contribution in [0.5, 0.6) is 0 Å². The first-order valence-electron chi connectivity index (χ1n) is 10.3. The summed E-state index contributed by atoms with van der Waals surface area (Å²) in [5, 5.41) is 14.5. The monoisotopic (exact) mass is 392 g/mol. The highest BCUT2D eigenvalue weighted by Crippen LogP contribution is 2.26. The van der Waals surface area contributed by atoms with Gasteiger partial charge in [0.25, 0.3) is 5.56 Å². The minimum Gasteiger partial charge on any atom is -0.326 e. The van der Waals surface area contributed by atoms with Crippen molar-refractivity contribution >= 4 is 22.4 Å². The summed E-state index contributed by atoms with van der Waals surface area (Å²) in [5.41, 5.74) is 2.05. The van der Waals surface area contributed by atoms with Crippen LogP contribution in [0.2, 0.25) is 0 Å². The maximum atomic E-state index is 12.3. The van der Waals surface area contributed by atoms with E-state index in [0.29, 0.717) is 17.5 Å². The molecule has 0 atom stereocenters. The van der Waals surface area contributed by atoms with Gasteiger partial charge in [0, 0.05) is 23.1 Å². The van der Waals surface area contributed by atoms with Crippen LogP contribution in [-0.2, 0) is 4.79 Å². The first-order chi connectivity index (χ1) is 14.2. The number of nitrogens with zero attached hydrogens (tertiary/aromatic N) is 1. The standard InChI is InChI=1S/C23H28N4O2/c1-2-3-14-24-15-7-6-13-21(28)25-18-10-8-9-17(16-18)22-19-11-4-5-12-20(19)23(29)27-26-22/h4-5,8-12,16,24H,2-3,6-7,13-15H2,1H3,(H,25,28)(H,27,29). The van der Waals surface area contributed by atoms with E-state index < -0.39 is 0 Å². The van der Waals surface area contributed by atoms with Crippen molar-refractivity contribution in [2.45, 2.75) is 39.0 Å². The summed E-state index contributed by atoms with van der Waals surface area (Å²) in [6.45, 7) is 4.17. The average Bonchev–Trinajstić information content (AvgIpc) is 2.74. The molecule has 0 aliphatic carbocycles. The van der Waals surface area contributed by atoms with Gasteiger partial charge in [-0.1, -0.05) is 43.7 Å². The zero-order valence-corrected chi connectivity index (χ0v) is 16.8. The van der Waals surface area contributed by atoms with Gasteiger partial charge in [-0.15, -0.1) is 0 Å². The second-order valence-corrected chi connectivity index (χ2v) is 7.14. The van der Waals surface area contributed by atoms with Gasteiger partial charge in [0.15, 0.2) is 0 Å². The number of aromatic nitrogens is 2. The van der Waals surface area contributed by atoms with Gasteiger partial charge >= 0.3 is 0 Å². The molecule has 1 aromatic heterocycles. The van der Waals surface area contributed by atoms with Crippen molar-refractivity contribution in [3.8, 4) is 11.3 Å². The second-order valence-electron chi connectivity index (χ2n) is 7.14. The number of carbonyl (C=O) groups is 1. The summed E-state index contributed by atoms with van der Waals surface area (Å²) in [5.74, 6) is 0.00925. The van der Waals surface area contributed by atoms with Gasteiger partial charge < -0.3 is 10.6 Å². The molecule has 152 valence electrons. The Bertz CT molecular complexity index is 1010. The second kappa shape index (κ2) is 10.5. The van der Waals surface area contributed by atoms with E-state index in [9.17, 15) is 9.59 Å². The lowest BCUT2D eigenvalue weighted by Gasteiger charge is -2.09. The zero-order chi connectivity index (χ0) is 20.5. The quantitative estimate of drug-likeness (QED) is 0.454. The third-order valence-corrected chi connectivity index (χ3v) is 4.83. The Labute approximate surface area is 170 Å². The number of hydrogen-bond acceptors (Lipinski definition) is 4. The van der Waals surface area contributed by atoms with Crippen molar-refractivity contribution < 1.29 is 4.79 Å². The molecule has 0 bridgehead atoms. The van der Waals surface area contributed by atoms with Gasteiger partial charge in [-0.2, -0.15) is 5.10 Å². The third-order valence-electron chi connectivity index (χ3n) is 4.83. The highest BCUT2D eigenvalue weighted by molar-refractivity contribution is 5.95. The number of anilines is 1. The average molecular weight is 393 g/mol. The summed E-state index contributed by atoms with van der Waals surface area (Å²) < 4.78 is 0. The van der Waals surface area contributed by atoms with E-state index in [1.807, 2.05) is 42.5 Å². The molecule has 6 nitrogen and oxygen atoms in total. The fourth-order valence-electron chi connectivity index (χ4n) is 3.26. The minimum absolute atomic E-state index is 0.00925. The fourth-order valence-corrected chi connectivity index (χ4v) is 3.26. The van der Waals surface area contributed by atoms with Crippen LogP contribution in [-0.4, -0.2) is 29.2 Å². The Morgan fingerprint density at radius 1 is 1.00 bits per heavy atom. The van der Waals surface area contributed by atoms with Crippen LogP contribution in [0.1, 0.15) is 39.0 Å². The van der Waals surface area contributed by atoms with Gasteiger partial charge in [-0.3, -0.25) is 9.59 Å². The molecule has 0 fully saturated rings. The maximum Gasteiger partial charge on any atom is 0.272 e. The first kappa shape index (κ1) is 20.7. The molecule has 1 heterocycles. The normalized spacial score (nSPS) is 10.9. The van der Waals surface area contributed by atoms with Crippen LogP contribution < -0.4 is 16.2 Å². The number of H-pyrrole nitrogens is 1. The van der Waals surface area contributed by atoms with Crippen molar-refractivity contribution in [2.75, 3.05) is 18.4 Å². The van der Waals surface area contributed by atoms with Gasteiger partial charge in [0.1, 0.15) is 0 Å². The Morgan fingerprint density at radius 3 is 2.62 bits per heavy atom. The van der Waals surface area contributed by atoms with Gasteiger partial charge in [0.2, 0.25) is 5.91 Å². The molecule has 0 spiro atoms. The molecule has 0 unspecified atom stereocenters. The number of fused-ring (bicyclic) bond motifs is 1. The van der Waals surface area contributed by atoms with Gasteiger partial charge in [-0.05, 0) is 50.6 Å². The molecule has 3 rings (SSSR count). The number of aromatic amines is 1. The van der Waals surface area contributed by atoms with E-state index in [4.69, 9.17) is 0 Å². The Kier molecular flexibility index (Phi) is 7.53. The molecule has 0 aliphatic rings. The van der Waals surface area contributed by atoms with Crippen LogP contribution in [0.4, 0.5) is 5.69 Å². The predicted octanol–water partition coefficient (Wildman–Crippen LogP) is 4.09. The lowest BCUT2D eigenvalue weighted by atomic mass is 10.0. The molecule has 0 saturated carbocycles. The van der Waals surface area contributed by atoms with E-state index in [-0.39, 0.29) is 11.5 Å². The molecular formula is C23H28N4O2. The summed E-state index contributed by atoms with van der Waals surface area (Å²) in [7, 11) is 0. The van der Waals surface area contributed by atoms with Crippen LogP contribution >= 0.6 is 0 Å². The Hall–Kier alpha value is -2.99. The smallest absolute Gasteiger partial charge is 0.272 e. The van der Waals surface area contributed by atoms with E-state index in [1.165, 1.54) is 12.8 Å². The van der Waals surface area contributed by atoms with Crippen molar-refractivity contribution in [3.63, 3.8) is 0 Å². The minimum atomic E-state index is -0.210. The molecule has 0 aliphatic heterocycles. The fraction of sp³-hybridized carbons (Fsp3) is 0.348. The van der Waals surface area contributed by atoms with Crippen molar-refractivity contribution in [3.05, 3.63) is 58.9 Å². The van der Waals surface area contributed by atoms with Crippen LogP contribution in [0.15, 0.2) is 53.3 Å². The highest BCUT2D eigenvalue weighted by Gasteiger charge is 2.10. The molecule has 29 heavy (non-hydrogen) atoms. The van der Waals surface area contributed by atoms with Crippen molar-refractivity contribution in [1.82, 2.24) is 15.5 Å². The molecule has 2 aromatic carbocycles. The number of carbonyl (C=O) groups excluding carboxylic acids is 1. The lowest BCUT2D eigenvalue weighted by molar-refractivity contribution is -0.116. The summed E-state index contributed by atoms with van der Waals surface area (Å²) in [6.07, 6.45) is 4.73. The highest BCUT2D eigenvalue weighted by atomic mass is 16.1. The lowest BCUT2D eigenvalue weighted by Crippen LogP contribution is -2.17. The number of unbranched alkanes of at least 4 members (excludes halogenated alkanes) is 2. The number of hydrogen-bond donors (Lipinski definition) is 3. The number of benzene rings is 2. The van der Waals surface area contributed by atoms with Crippen LogP contribution in [0.25, 0.3) is 22.0 Å². The largest absolute Gasteiger partial charge is 0.326 e. The summed E-state index contributed by atoms with van der Waals surface area (Å²) in [4.78, 5) is 24.3. The SMILES string of the molecule is CCCCNCCCCC(=O)Nc1cccc(-c2n[nH]c(=O)c3ccccc23)c1. The molecule has 3 N–H and O–H groups in total. The number of amides is 1. The molecular weight excluding hydrogens is 364 g/mol. The van der Waals surface area contributed by atoms with Crippen molar-refractivity contribution in [1.29, 1.82) is 0 Å². The van der Waals surface area contributed by atoms with Crippen LogP contribution in [0, 0.1) is 0 Å². The van der Waals surface area contributed by atoms with Crippen LogP contribution in [0.3, 0.4) is 0 Å². The zero-order valence-electron chi connectivity index (χ0n) is 16.8.